The number of carbonyl (C=O) groups excluding carboxylic acids is 3. The smallest absolute Gasteiger partial charge is 0.410 e. The molecular formula is C29H50N2O8S2. The second-order valence-electron chi connectivity index (χ2n) is 11.6. The van der Waals surface area contributed by atoms with E-state index in [9.17, 15) is 22.8 Å². The van der Waals surface area contributed by atoms with E-state index in [0.717, 1.165) is 24.2 Å². The number of hydrogen-bond acceptors (Lipinski definition) is 9. The largest absolute Gasteiger partial charge is 0.444 e. The van der Waals surface area contributed by atoms with Gasteiger partial charge in [0, 0.05) is 39.9 Å². The van der Waals surface area contributed by atoms with Gasteiger partial charge in [0.05, 0.1) is 11.5 Å². The maximum Gasteiger partial charge on any atom is 0.410 e. The van der Waals surface area contributed by atoms with Crippen molar-refractivity contribution < 1.29 is 36.5 Å². The highest BCUT2D eigenvalue weighted by molar-refractivity contribution is 8.13. The zero-order valence-electron chi connectivity index (χ0n) is 26.4. The summed E-state index contributed by atoms with van der Waals surface area (Å²) in [5.41, 5.74) is 0.00554. The molecule has 0 aliphatic heterocycles. The van der Waals surface area contributed by atoms with Crippen molar-refractivity contribution in [3.05, 3.63) is 29.8 Å². The number of carbonyl (C=O) groups is 3. The zero-order chi connectivity index (χ0) is 31.9. The Hall–Kier alpha value is -2.31. The van der Waals surface area contributed by atoms with Crippen LogP contribution in [0.4, 0.5) is 9.59 Å². The fraction of sp³-hybridized carbons (Fsp3) is 0.690. The van der Waals surface area contributed by atoms with Crippen molar-refractivity contribution in [1.29, 1.82) is 0 Å². The van der Waals surface area contributed by atoms with Crippen molar-refractivity contribution in [2.45, 2.75) is 97.2 Å². The first kappa shape index (κ1) is 38.7. The Morgan fingerprint density at radius 3 is 1.63 bits per heavy atom. The quantitative estimate of drug-likeness (QED) is 0.197. The molecule has 236 valence electrons. The van der Waals surface area contributed by atoms with Gasteiger partial charge in [-0.15, -0.1) is 0 Å². The number of unbranched alkanes of at least 4 members (excludes halogenated alkanes) is 2. The molecule has 41 heavy (non-hydrogen) atoms. The first-order valence-corrected chi connectivity index (χ1v) is 16.1. The van der Waals surface area contributed by atoms with Crippen molar-refractivity contribution in [3.8, 4) is 0 Å². The van der Waals surface area contributed by atoms with Crippen molar-refractivity contribution in [2.24, 2.45) is 0 Å². The monoisotopic (exact) mass is 618 g/mol. The molecule has 0 aliphatic carbocycles. The standard InChI is InChI=1S/C17H27NO5S.C12H23NO3S/c1-14-8-10-15(11-9-14)24(20,21)22-13-7-6-12-18(5)16(19)23-17(2,3)4;1-10(14)17-9-7-6-8-13(5)11(15)16-12(2,3)4/h8-11H,6-7,12-13H2,1-5H3;6-9H2,1-5H3. The van der Waals surface area contributed by atoms with Gasteiger partial charge < -0.3 is 19.3 Å². The molecular weight excluding hydrogens is 568 g/mol. The minimum absolute atomic E-state index is 0.0817. The SMILES string of the molecule is CC(=O)SCCCCN(C)C(=O)OC(C)(C)C.Cc1ccc(S(=O)(=O)OCCCCN(C)C(=O)OC(C)(C)C)cc1. The van der Waals surface area contributed by atoms with E-state index < -0.39 is 27.4 Å². The van der Waals surface area contributed by atoms with E-state index in [1.165, 1.54) is 28.8 Å². The van der Waals surface area contributed by atoms with Crippen LogP contribution in [0.5, 0.6) is 0 Å². The van der Waals surface area contributed by atoms with Crippen molar-refractivity contribution in [2.75, 3.05) is 39.5 Å². The molecule has 12 heteroatoms. The predicted octanol–water partition coefficient (Wildman–Crippen LogP) is 6.26. The van der Waals surface area contributed by atoms with Crippen LogP contribution >= 0.6 is 11.8 Å². The third-order valence-electron chi connectivity index (χ3n) is 5.04. The summed E-state index contributed by atoms with van der Waals surface area (Å²) >= 11 is 1.33. The summed E-state index contributed by atoms with van der Waals surface area (Å²) in [5.74, 6) is 0.817. The normalized spacial score (nSPS) is 11.7. The van der Waals surface area contributed by atoms with Gasteiger partial charge in [0.2, 0.25) is 0 Å². The van der Waals surface area contributed by atoms with Crippen LogP contribution in [0.2, 0.25) is 0 Å². The molecule has 0 N–H and O–H groups in total. The molecule has 0 atom stereocenters. The molecule has 0 radical (unpaired) electrons. The molecule has 1 rings (SSSR count). The van der Waals surface area contributed by atoms with Crippen molar-refractivity contribution >= 4 is 39.2 Å². The molecule has 2 amide bonds. The molecule has 1 aromatic carbocycles. The number of amides is 2. The minimum atomic E-state index is -3.72. The number of hydrogen-bond donors (Lipinski definition) is 0. The summed E-state index contributed by atoms with van der Waals surface area (Å²) in [6, 6.07) is 6.51. The van der Waals surface area contributed by atoms with Gasteiger partial charge >= 0.3 is 12.2 Å². The van der Waals surface area contributed by atoms with E-state index in [1.54, 1.807) is 38.1 Å². The van der Waals surface area contributed by atoms with Gasteiger partial charge in [-0.3, -0.25) is 8.98 Å². The van der Waals surface area contributed by atoms with Gasteiger partial charge in [-0.1, -0.05) is 29.5 Å². The average Bonchev–Trinajstić information content (AvgIpc) is 2.81. The number of rotatable bonds is 12. The van der Waals surface area contributed by atoms with E-state index in [1.807, 2.05) is 48.5 Å². The number of thioether (sulfide) groups is 1. The summed E-state index contributed by atoms with van der Waals surface area (Å²) in [4.78, 5) is 37.2. The topological polar surface area (TPSA) is 120 Å². The Morgan fingerprint density at radius 2 is 1.22 bits per heavy atom. The van der Waals surface area contributed by atoms with E-state index in [-0.39, 0.29) is 22.7 Å². The van der Waals surface area contributed by atoms with Gasteiger partial charge in [0.25, 0.3) is 10.1 Å². The number of nitrogens with zero attached hydrogens (tertiary/aromatic N) is 2. The first-order valence-electron chi connectivity index (χ1n) is 13.7. The van der Waals surface area contributed by atoms with Crippen LogP contribution < -0.4 is 0 Å². The van der Waals surface area contributed by atoms with E-state index in [2.05, 4.69) is 0 Å². The third-order valence-corrected chi connectivity index (χ3v) is 7.27. The van der Waals surface area contributed by atoms with Crippen molar-refractivity contribution in [3.63, 3.8) is 0 Å². The van der Waals surface area contributed by atoms with E-state index >= 15 is 0 Å². The zero-order valence-corrected chi connectivity index (χ0v) is 28.1. The molecule has 10 nitrogen and oxygen atoms in total. The van der Waals surface area contributed by atoms with Gasteiger partial charge in [-0.2, -0.15) is 8.42 Å². The Bertz CT molecular complexity index is 1050. The maximum absolute atomic E-state index is 12.0. The molecule has 0 saturated heterocycles. The summed E-state index contributed by atoms with van der Waals surface area (Å²) in [6.45, 7) is 15.6. The highest BCUT2D eigenvalue weighted by Gasteiger charge is 2.20. The lowest BCUT2D eigenvalue weighted by Gasteiger charge is -2.24. The summed E-state index contributed by atoms with van der Waals surface area (Å²) in [5, 5.41) is 0.144. The van der Waals surface area contributed by atoms with Crippen LogP contribution in [0, 0.1) is 6.92 Å². The van der Waals surface area contributed by atoms with E-state index in [4.69, 9.17) is 13.7 Å². The highest BCUT2D eigenvalue weighted by Crippen LogP contribution is 2.14. The minimum Gasteiger partial charge on any atom is -0.444 e. The third kappa shape index (κ3) is 20.3. The lowest BCUT2D eigenvalue weighted by atomic mass is 10.2. The van der Waals surface area contributed by atoms with E-state index in [0.29, 0.717) is 25.9 Å². The molecule has 0 heterocycles. The molecule has 0 fully saturated rings. The Kier molecular flexibility index (Phi) is 17.2. The average molecular weight is 619 g/mol. The van der Waals surface area contributed by atoms with Gasteiger partial charge in [0.15, 0.2) is 5.12 Å². The van der Waals surface area contributed by atoms with Gasteiger partial charge in [-0.25, -0.2) is 9.59 Å². The molecule has 0 aromatic heterocycles. The Balaban J connectivity index is 0.000000831. The first-order chi connectivity index (χ1) is 18.7. The maximum atomic E-state index is 12.0. The lowest BCUT2D eigenvalue weighted by molar-refractivity contribution is -0.109. The number of benzene rings is 1. The molecule has 0 unspecified atom stereocenters. The highest BCUT2D eigenvalue weighted by atomic mass is 32.2. The fourth-order valence-corrected chi connectivity index (χ4v) is 4.50. The fourth-order valence-electron chi connectivity index (χ4n) is 2.92. The van der Waals surface area contributed by atoms with Crippen LogP contribution in [0.1, 0.15) is 79.7 Å². The molecule has 0 bridgehead atoms. The summed E-state index contributed by atoms with van der Waals surface area (Å²) < 4.78 is 39.5. The molecule has 0 spiro atoms. The van der Waals surface area contributed by atoms with Gasteiger partial charge in [0.1, 0.15) is 11.2 Å². The van der Waals surface area contributed by atoms with Crippen LogP contribution in [0.15, 0.2) is 29.2 Å². The van der Waals surface area contributed by atoms with Crippen LogP contribution in [0.3, 0.4) is 0 Å². The number of ether oxygens (including phenoxy) is 2. The second-order valence-corrected chi connectivity index (χ2v) is 14.5. The molecule has 0 aliphatic rings. The summed E-state index contributed by atoms with van der Waals surface area (Å²) in [6.07, 6.45) is 2.28. The summed E-state index contributed by atoms with van der Waals surface area (Å²) in [7, 11) is -0.344. The van der Waals surface area contributed by atoms with Gasteiger partial charge in [-0.05, 0) is 86.3 Å². The van der Waals surface area contributed by atoms with Crippen LogP contribution in [-0.4, -0.2) is 86.3 Å². The lowest BCUT2D eigenvalue weighted by Crippen LogP contribution is -2.34. The number of aryl methyl sites for hydroxylation is 1. The molecule has 1 aromatic rings. The van der Waals surface area contributed by atoms with Crippen LogP contribution in [-0.2, 0) is 28.6 Å². The molecule has 0 saturated carbocycles. The second kappa shape index (κ2) is 18.3. The van der Waals surface area contributed by atoms with Crippen LogP contribution in [0.25, 0.3) is 0 Å². The Morgan fingerprint density at radius 1 is 0.780 bits per heavy atom. The Labute approximate surface area is 251 Å². The predicted molar refractivity (Wildman–Crippen MR) is 164 cm³/mol. The van der Waals surface area contributed by atoms with Crippen molar-refractivity contribution in [1.82, 2.24) is 9.80 Å².